The summed E-state index contributed by atoms with van der Waals surface area (Å²) < 4.78 is 5.54. The van der Waals surface area contributed by atoms with Gasteiger partial charge in [0.15, 0.2) is 0 Å². The number of pyridine rings is 1. The molecule has 0 bridgehead atoms. The predicted octanol–water partition coefficient (Wildman–Crippen LogP) is 2.86. The number of rotatable bonds is 3. The van der Waals surface area contributed by atoms with Gasteiger partial charge in [0.25, 0.3) is 0 Å². The average molecular weight is 260 g/mol. The predicted molar refractivity (Wildman–Crippen MR) is 68.4 cm³/mol. The van der Waals surface area contributed by atoms with Gasteiger partial charge in [-0.05, 0) is 23.8 Å². The molecule has 0 aliphatic heterocycles. The fourth-order valence-electron chi connectivity index (χ4n) is 1.43. The number of nitrogens with two attached hydrogens (primary N) is 1. The number of aromatic nitrogens is 1. The number of benzene rings is 1. The Bertz CT molecular complexity index is 607. The number of ether oxygens (including phenoxy) is 1. The van der Waals surface area contributed by atoms with Crippen molar-refractivity contribution in [2.24, 2.45) is 5.73 Å². The van der Waals surface area contributed by atoms with Crippen molar-refractivity contribution < 1.29 is 4.74 Å². The Morgan fingerprint density at radius 3 is 2.94 bits per heavy atom. The normalized spacial score (nSPS) is 9.83. The molecule has 5 heteroatoms. The van der Waals surface area contributed by atoms with Gasteiger partial charge in [-0.3, -0.25) is 0 Å². The summed E-state index contributed by atoms with van der Waals surface area (Å²) in [4.78, 5) is 4.00. The maximum atomic E-state index is 8.86. The van der Waals surface area contributed by atoms with E-state index < -0.39 is 0 Å². The average Bonchev–Trinajstić information content (AvgIpc) is 2.41. The molecule has 2 aromatic rings. The lowest BCUT2D eigenvalue weighted by molar-refractivity contribution is 0.462. The molecular weight excluding hydrogens is 250 g/mol. The molecule has 0 saturated heterocycles. The molecule has 1 heterocycles. The van der Waals surface area contributed by atoms with Crippen LogP contribution in [0.5, 0.6) is 11.6 Å². The molecule has 0 spiro atoms. The lowest BCUT2D eigenvalue weighted by Gasteiger charge is -2.07. The summed E-state index contributed by atoms with van der Waals surface area (Å²) in [6, 6.07) is 10.8. The van der Waals surface area contributed by atoms with Gasteiger partial charge in [-0.25, -0.2) is 4.98 Å². The highest BCUT2D eigenvalue weighted by Gasteiger charge is 2.09. The Hall–Kier alpha value is -2.09. The van der Waals surface area contributed by atoms with Crippen LogP contribution in [0, 0.1) is 11.3 Å². The third-order valence-corrected chi connectivity index (χ3v) is 2.69. The highest BCUT2D eigenvalue weighted by Crippen LogP contribution is 2.29. The number of hydrogen-bond acceptors (Lipinski definition) is 4. The molecule has 0 aliphatic rings. The van der Waals surface area contributed by atoms with Gasteiger partial charge in [0.1, 0.15) is 16.8 Å². The summed E-state index contributed by atoms with van der Waals surface area (Å²) in [6.45, 7) is 0.427. The second-order valence-corrected chi connectivity index (χ2v) is 3.92. The molecule has 0 aliphatic carbocycles. The van der Waals surface area contributed by atoms with Gasteiger partial charge in [-0.15, -0.1) is 0 Å². The number of halogens is 1. The minimum atomic E-state index is 0.207. The second kappa shape index (κ2) is 5.50. The van der Waals surface area contributed by atoms with E-state index in [4.69, 9.17) is 27.3 Å². The zero-order valence-electron chi connectivity index (χ0n) is 9.43. The fourth-order valence-corrected chi connectivity index (χ4v) is 1.62. The van der Waals surface area contributed by atoms with E-state index in [9.17, 15) is 0 Å². The summed E-state index contributed by atoms with van der Waals surface area (Å²) in [6.07, 6.45) is 1.48. The molecule has 2 rings (SSSR count). The molecule has 0 amide bonds. The van der Waals surface area contributed by atoms with E-state index in [0.29, 0.717) is 17.9 Å². The van der Waals surface area contributed by atoms with Crippen LogP contribution in [0.4, 0.5) is 0 Å². The van der Waals surface area contributed by atoms with Crippen LogP contribution in [0.1, 0.15) is 11.1 Å². The lowest BCUT2D eigenvalue weighted by atomic mass is 10.2. The molecule has 1 aromatic heterocycles. The van der Waals surface area contributed by atoms with Crippen LogP contribution in [0.2, 0.25) is 5.02 Å². The van der Waals surface area contributed by atoms with Gasteiger partial charge in [0.2, 0.25) is 5.88 Å². The van der Waals surface area contributed by atoms with E-state index in [2.05, 4.69) is 4.98 Å². The molecular formula is C13H10ClN3O. The topological polar surface area (TPSA) is 71.9 Å². The lowest BCUT2D eigenvalue weighted by Crippen LogP contribution is -1.97. The van der Waals surface area contributed by atoms with Crippen LogP contribution in [-0.4, -0.2) is 4.98 Å². The van der Waals surface area contributed by atoms with Gasteiger partial charge in [0.05, 0.1) is 5.56 Å². The van der Waals surface area contributed by atoms with E-state index in [-0.39, 0.29) is 10.9 Å². The van der Waals surface area contributed by atoms with Crippen molar-refractivity contribution >= 4 is 11.6 Å². The molecule has 0 fully saturated rings. The van der Waals surface area contributed by atoms with E-state index in [0.717, 1.165) is 5.56 Å². The standard InChI is InChI=1S/C13H10ClN3O/c14-12-10(8-16)4-5-17-13(12)18-11-3-1-2-9(6-11)7-15/h1-6H,7,15H2. The Morgan fingerprint density at radius 2 is 2.22 bits per heavy atom. The van der Waals surface area contributed by atoms with E-state index in [1.807, 2.05) is 18.2 Å². The molecule has 0 saturated carbocycles. The Kier molecular flexibility index (Phi) is 3.78. The summed E-state index contributed by atoms with van der Waals surface area (Å²) in [7, 11) is 0. The second-order valence-electron chi connectivity index (χ2n) is 3.54. The third kappa shape index (κ3) is 2.59. The first-order valence-electron chi connectivity index (χ1n) is 5.26. The van der Waals surface area contributed by atoms with E-state index >= 15 is 0 Å². The van der Waals surface area contributed by atoms with Crippen LogP contribution in [-0.2, 0) is 6.54 Å². The van der Waals surface area contributed by atoms with Crippen LogP contribution in [0.25, 0.3) is 0 Å². The van der Waals surface area contributed by atoms with Crippen molar-refractivity contribution in [1.82, 2.24) is 4.98 Å². The minimum absolute atomic E-state index is 0.207. The van der Waals surface area contributed by atoms with Gasteiger partial charge < -0.3 is 10.5 Å². The summed E-state index contributed by atoms with van der Waals surface area (Å²) in [5, 5.41) is 9.06. The monoisotopic (exact) mass is 259 g/mol. The number of nitrogens with zero attached hydrogens (tertiary/aromatic N) is 2. The smallest absolute Gasteiger partial charge is 0.239 e. The first-order valence-corrected chi connectivity index (χ1v) is 5.64. The Labute approximate surface area is 110 Å². The Balaban J connectivity index is 2.31. The highest BCUT2D eigenvalue weighted by atomic mass is 35.5. The van der Waals surface area contributed by atoms with E-state index in [1.54, 1.807) is 12.1 Å². The van der Waals surface area contributed by atoms with Crippen LogP contribution < -0.4 is 10.5 Å². The highest BCUT2D eigenvalue weighted by molar-refractivity contribution is 6.33. The number of hydrogen-bond donors (Lipinski definition) is 1. The van der Waals surface area contributed by atoms with Gasteiger partial charge in [-0.2, -0.15) is 5.26 Å². The first kappa shape index (κ1) is 12.4. The molecule has 1 aromatic carbocycles. The van der Waals surface area contributed by atoms with Crippen molar-refractivity contribution in [3.63, 3.8) is 0 Å². The van der Waals surface area contributed by atoms with Crippen molar-refractivity contribution in [1.29, 1.82) is 5.26 Å². The molecule has 0 radical (unpaired) electrons. The van der Waals surface area contributed by atoms with Crippen molar-refractivity contribution in [3.8, 4) is 17.7 Å². The zero-order valence-corrected chi connectivity index (χ0v) is 10.2. The zero-order chi connectivity index (χ0) is 13.0. The van der Waals surface area contributed by atoms with Gasteiger partial charge in [0, 0.05) is 12.7 Å². The molecule has 0 atom stereocenters. The summed E-state index contributed by atoms with van der Waals surface area (Å²) in [5.74, 6) is 0.798. The third-order valence-electron chi connectivity index (χ3n) is 2.33. The summed E-state index contributed by atoms with van der Waals surface area (Å²) in [5.41, 5.74) is 6.82. The molecule has 0 unspecified atom stereocenters. The van der Waals surface area contributed by atoms with Crippen molar-refractivity contribution in [2.75, 3.05) is 0 Å². The van der Waals surface area contributed by atoms with Crippen LogP contribution >= 0.6 is 11.6 Å². The molecule has 2 N–H and O–H groups in total. The van der Waals surface area contributed by atoms with Gasteiger partial charge >= 0.3 is 0 Å². The van der Waals surface area contributed by atoms with Gasteiger partial charge in [-0.1, -0.05) is 23.7 Å². The van der Waals surface area contributed by atoms with Crippen molar-refractivity contribution in [2.45, 2.75) is 6.54 Å². The minimum Gasteiger partial charge on any atom is -0.437 e. The maximum absolute atomic E-state index is 8.86. The fraction of sp³-hybridized carbons (Fsp3) is 0.0769. The molecule has 4 nitrogen and oxygen atoms in total. The SMILES string of the molecule is N#Cc1ccnc(Oc2cccc(CN)c2)c1Cl. The van der Waals surface area contributed by atoms with Crippen LogP contribution in [0.15, 0.2) is 36.5 Å². The number of nitriles is 1. The largest absolute Gasteiger partial charge is 0.437 e. The van der Waals surface area contributed by atoms with Crippen molar-refractivity contribution in [3.05, 3.63) is 52.7 Å². The maximum Gasteiger partial charge on any atom is 0.239 e. The van der Waals surface area contributed by atoms with E-state index in [1.165, 1.54) is 12.3 Å². The molecule has 90 valence electrons. The van der Waals surface area contributed by atoms with Crippen LogP contribution in [0.3, 0.4) is 0 Å². The quantitative estimate of drug-likeness (QED) is 0.920. The summed E-state index contributed by atoms with van der Waals surface area (Å²) >= 11 is 6.00. The Morgan fingerprint density at radius 1 is 1.39 bits per heavy atom. The molecule has 18 heavy (non-hydrogen) atoms. The first-order chi connectivity index (χ1) is 8.74.